The number of unbranched alkanes of at least 4 members (excludes halogenated alkanes) is 1. The van der Waals surface area contributed by atoms with Crippen molar-refractivity contribution in [1.29, 1.82) is 0 Å². The van der Waals surface area contributed by atoms with Gasteiger partial charge in [-0.25, -0.2) is 4.52 Å². The number of carboxylic acid groups (broad SMARTS) is 1. The Morgan fingerprint density at radius 1 is 1.17 bits per heavy atom. The summed E-state index contributed by atoms with van der Waals surface area (Å²) in [5, 5.41) is 13.9. The van der Waals surface area contributed by atoms with Crippen LogP contribution in [0.3, 0.4) is 0 Å². The Balaban J connectivity index is 2.17. The van der Waals surface area contributed by atoms with Crippen LogP contribution in [0.5, 0.6) is 0 Å². The third kappa shape index (κ3) is 4.65. The van der Waals surface area contributed by atoms with Crippen molar-refractivity contribution >= 4 is 11.5 Å². The number of carboxylic acids is 1. The third-order valence-electron chi connectivity index (χ3n) is 5.26. The Labute approximate surface area is 171 Å². The number of aryl methyl sites for hydroxylation is 2. The molecule has 6 heteroatoms. The van der Waals surface area contributed by atoms with Crippen LogP contribution in [-0.2, 0) is 35.4 Å². The molecule has 0 bridgehead atoms. The molecule has 0 saturated carbocycles. The maximum Gasteiger partial charge on any atom is 0.303 e. The monoisotopic (exact) mass is 395 g/mol. The van der Waals surface area contributed by atoms with Crippen molar-refractivity contribution in [2.24, 2.45) is 0 Å². The van der Waals surface area contributed by atoms with Gasteiger partial charge in [-0.15, -0.1) is 0 Å². The van der Waals surface area contributed by atoms with E-state index in [1.165, 1.54) is 5.56 Å². The number of aliphatic carboxylic acids is 1. The lowest BCUT2D eigenvalue weighted by molar-refractivity contribution is -0.137. The van der Waals surface area contributed by atoms with Crippen LogP contribution in [0.25, 0.3) is 16.6 Å². The summed E-state index contributed by atoms with van der Waals surface area (Å²) in [6, 6.07) is 6.43. The standard InChI is InChI=1S/C23H29N3O3/c1-4-16-12-17(14-24-13-16)23-19(8-6-7-9-22(27)28)20(15-29-3)25-26-18(5-2)10-11-21(23)26/h10-14H,4-9,15H2,1-3H3,(H,27,28). The molecule has 0 fully saturated rings. The third-order valence-corrected chi connectivity index (χ3v) is 5.26. The minimum atomic E-state index is -0.755. The molecule has 29 heavy (non-hydrogen) atoms. The summed E-state index contributed by atoms with van der Waals surface area (Å²) in [5.41, 5.74) is 7.62. The lowest BCUT2D eigenvalue weighted by atomic mass is 9.94. The zero-order valence-corrected chi connectivity index (χ0v) is 17.4. The number of rotatable bonds is 10. The lowest BCUT2D eigenvalue weighted by Gasteiger charge is -2.17. The predicted octanol–water partition coefficient (Wildman–Crippen LogP) is 4.46. The second-order valence-electron chi connectivity index (χ2n) is 7.24. The first-order chi connectivity index (χ1) is 14.1. The Hall–Kier alpha value is -2.73. The smallest absolute Gasteiger partial charge is 0.303 e. The van der Waals surface area contributed by atoms with Gasteiger partial charge in [0.05, 0.1) is 17.8 Å². The van der Waals surface area contributed by atoms with Gasteiger partial charge in [0, 0.05) is 42.7 Å². The van der Waals surface area contributed by atoms with Crippen LogP contribution in [0, 0.1) is 0 Å². The Kier molecular flexibility index (Phi) is 6.99. The van der Waals surface area contributed by atoms with Gasteiger partial charge in [-0.05, 0) is 61.4 Å². The van der Waals surface area contributed by atoms with Crippen LogP contribution in [0.15, 0.2) is 30.6 Å². The zero-order chi connectivity index (χ0) is 20.8. The van der Waals surface area contributed by atoms with Gasteiger partial charge < -0.3 is 9.84 Å². The summed E-state index contributed by atoms with van der Waals surface area (Å²) in [4.78, 5) is 15.4. The molecule has 0 atom stereocenters. The van der Waals surface area contributed by atoms with Crippen molar-refractivity contribution in [1.82, 2.24) is 14.6 Å². The van der Waals surface area contributed by atoms with Crippen molar-refractivity contribution in [2.45, 2.75) is 59.0 Å². The first kappa shape index (κ1) is 21.0. The molecule has 1 N–H and O–H groups in total. The van der Waals surface area contributed by atoms with Crippen molar-refractivity contribution < 1.29 is 14.6 Å². The average Bonchev–Trinajstić information content (AvgIpc) is 3.13. The molecular formula is C23H29N3O3. The van der Waals surface area contributed by atoms with Crippen LogP contribution < -0.4 is 0 Å². The second kappa shape index (κ2) is 9.65. The first-order valence-electron chi connectivity index (χ1n) is 10.3. The molecule has 0 aromatic carbocycles. The van der Waals surface area contributed by atoms with E-state index in [1.807, 2.05) is 16.9 Å². The van der Waals surface area contributed by atoms with E-state index in [-0.39, 0.29) is 6.42 Å². The molecule has 6 nitrogen and oxygen atoms in total. The van der Waals surface area contributed by atoms with Crippen LogP contribution in [0.4, 0.5) is 0 Å². The summed E-state index contributed by atoms with van der Waals surface area (Å²) >= 11 is 0. The minimum absolute atomic E-state index is 0.183. The van der Waals surface area contributed by atoms with E-state index < -0.39 is 5.97 Å². The van der Waals surface area contributed by atoms with Gasteiger partial charge in [0.15, 0.2) is 0 Å². The molecule has 0 amide bonds. The maximum absolute atomic E-state index is 10.9. The molecular weight excluding hydrogens is 366 g/mol. The van der Waals surface area contributed by atoms with E-state index >= 15 is 0 Å². The molecule has 3 aromatic rings. The summed E-state index contributed by atoms with van der Waals surface area (Å²) < 4.78 is 7.48. The summed E-state index contributed by atoms with van der Waals surface area (Å²) in [6.45, 7) is 4.66. The topological polar surface area (TPSA) is 76.7 Å². The van der Waals surface area contributed by atoms with Crippen molar-refractivity contribution in [3.05, 3.63) is 53.1 Å². The first-order valence-corrected chi connectivity index (χ1v) is 10.3. The van der Waals surface area contributed by atoms with Gasteiger partial charge in [0.1, 0.15) is 0 Å². The number of methoxy groups -OCH3 is 1. The Morgan fingerprint density at radius 3 is 2.69 bits per heavy atom. The molecule has 3 aromatic heterocycles. The van der Waals surface area contributed by atoms with E-state index in [0.29, 0.717) is 13.0 Å². The summed E-state index contributed by atoms with van der Waals surface area (Å²) in [7, 11) is 1.68. The number of hydrogen-bond donors (Lipinski definition) is 1. The number of aromatic nitrogens is 3. The molecule has 0 saturated heterocycles. The SMILES string of the molecule is CCc1cncc(-c2c(CCCCC(=O)O)c(COC)nn3c(CC)ccc23)c1. The molecule has 0 aliphatic heterocycles. The van der Waals surface area contributed by atoms with Gasteiger partial charge in [-0.2, -0.15) is 5.10 Å². The molecule has 0 aliphatic rings. The fraction of sp³-hybridized carbons (Fsp3) is 0.435. The van der Waals surface area contributed by atoms with Crippen molar-refractivity contribution in [3.8, 4) is 11.1 Å². The summed E-state index contributed by atoms with van der Waals surface area (Å²) in [5.74, 6) is -0.755. The van der Waals surface area contributed by atoms with Gasteiger partial charge >= 0.3 is 5.97 Å². The van der Waals surface area contributed by atoms with Crippen molar-refractivity contribution in [3.63, 3.8) is 0 Å². The van der Waals surface area contributed by atoms with Crippen LogP contribution in [0.1, 0.15) is 55.6 Å². The fourth-order valence-corrected chi connectivity index (χ4v) is 3.77. The fourth-order valence-electron chi connectivity index (χ4n) is 3.77. The number of fused-ring (bicyclic) bond motifs is 1. The molecule has 0 unspecified atom stereocenters. The minimum Gasteiger partial charge on any atom is -0.481 e. The Morgan fingerprint density at radius 2 is 2.00 bits per heavy atom. The van der Waals surface area contributed by atoms with Gasteiger partial charge in [-0.3, -0.25) is 9.78 Å². The number of ether oxygens (including phenoxy) is 1. The normalized spacial score (nSPS) is 11.3. The summed E-state index contributed by atoms with van der Waals surface area (Å²) in [6.07, 6.45) is 7.98. The molecule has 0 radical (unpaired) electrons. The molecule has 3 heterocycles. The number of hydrogen-bond acceptors (Lipinski definition) is 4. The zero-order valence-electron chi connectivity index (χ0n) is 17.4. The van der Waals surface area contributed by atoms with Crippen LogP contribution >= 0.6 is 0 Å². The molecule has 154 valence electrons. The highest BCUT2D eigenvalue weighted by molar-refractivity contribution is 5.83. The largest absolute Gasteiger partial charge is 0.481 e. The molecule has 0 aliphatic carbocycles. The van der Waals surface area contributed by atoms with Crippen LogP contribution in [0.2, 0.25) is 0 Å². The van der Waals surface area contributed by atoms with Gasteiger partial charge in [-0.1, -0.05) is 13.8 Å². The van der Waals surface area contributed by atoms with E-state index in [1.54, 1.807) is 7.11 Å². The highest BCUT2D eigenvalue weighted by Gasteiger charge is 2.19. The number of nitrogens with zero attached hydrogens (tertiary/aromatic N) is 3. The lowest BCUT2D eigenvalue weighted by Crippen LogP contribution is -2.10. The second-order valence-corrected chi connectivity index (χ2v) is 7.24. The average molecular weight is 396 g/mol. The van der Waals surface area contributed by atoms with E-state index in [0.717, 1.165) is 59.3 Å². The Bertz CT molecular complexity index is 994. The predicted molar refractivity (Wildman–Crippen MR) is 113 cm³/mol. The maximum atomic E-state index is 10.9. The van der Waals surface area contributed by atoms with E-state index in [9.17, 15) is 4.79 Å². The van der Waals surface area contributed by atoms with E-state index in [2.05, 4.69) is 37.0 Å². The highest BCUT2D eigenvalue weighted by Crippen LogP contribution is 2.33. The van der Waals surface area contributed by atoms with E-state index in [4.69, 9.17) is 14.9 Å². The highest BCUT2D eigenvalue weighted by atomic mass is 16.5. The van der Waals surface area contributed by atoms with Crippen molar-refractivity contribution in [2.75, 3.05) is 7.11 Å². The quantitative estimate of drug-likeness (QED) is 0.513. The number of carbonyl (C=O) groups is 1. The van der Waals surface area contributed by atoms with Gasteiger partial charge in [0.2, 0.25) is 0 Å². The molecule has 0 spiro atoms. The van der Waals surface area contributed by atoms with Crippen LogP contribution in [-0.4, -0.2) is 32.8 Å². The molecule has 3 rings (SSSR count). The number of pyridine rings is 1. The van der Waals surface area contributed by atoms with Gasteiger partial charge in [0.25, 0.3) is 0 Å².